The van der Waals surface area contributed by atoms with Crippen molar-refractivity contribution in [3.63, 3.8) is 0 Å². The molecule has 0 aliphatic carbocycles. The first-order chi connectivity index (χ1) is 6.76. The molecule has 0 saturated carbocycles. The summed E-state index contributed by atoms with van der Waals surface area (Å²) in [6, 6.07) is -0.791. The van der Waals surface area contributed by atoms with Crippen LogP contribution in [-0.4, -0.2) is 35.2 Å². The fourth-order valence-corrected chi connectivity index (χ4v) is 0.825. The van der Waals surface area contributed by atoms with E-state index in [0.717, 1.165) is 0 Å². The number of carbonyl (C=O) groups excluding carboxylic acids is 1. The van der Waals surface area contributed by atoms with Crippen LogP contribution < -0.4 is 5.32 Å². The van der Waals surface area contributed by atoms with Crippen molar-refractivity contribution in [1.29, 1.82) is 0 Å². The van der Waals surface area contributed by atoms with E-state index in [1.165, 1.54) is 6.08 Å². The number of carbonyl (C=O) groups is 2. The van der Waals surface area contributed by atoms with Crippen LogP contribution in [0.3, 0.4) is 0 Å². The Morgan fingerprint density at radius 3 is 2.40 bits per heavy atom. The maximum absolute atomic E-state index is 11.5. The summed E-state index contributed by atoms with van der Waals surface area (Å²) < 4.78 is 5.06. The fourth-order valence-electron chi connectivity index (χ4n) is 0.825. The number of hydrogen-bond donors (Lipinski definition) is 2. The normalized spacial score (nSPS) is 13.0. The SMILES string of the molecule is C=C[C@H](NCC(=O)O)C(=O)OC(C)(C)C. The minimum absolute atomic E-state index is 0.310. The number of rotatable bonds is 5. The molecule has 0 heterocycles. The van der Waals surface area contributed by atoms with Gasteiger partial charge in [0.15, 0.2) is 0 Å². The van der Waals surface area contributed by atoms with E-state index in [2.05, 4.69) is 11.9 Å². The number of carboxylic acid groups (broad SMARTS) is 1. The van der Waals surface area contributed by atoms with Gasteiger partial charge in [-0.2, -0.15) is 0 Å². The predicted octanol–water partition coefficient (Wildman–Crippen LogP) is 0.557. The monoisotopic (exact) mass is 215 g/mol. The third-order valence-electron chi connectivity index (χ3n) is 1.37. The van der Waals surface area contributed by atoms with Gasteiger partial charge in [-0.3, -0.25) is 10.1 Å². The summed E-state index contributed by atoms with van der Waals surface area (Å²) in [5, 5.41) is 10.9. The Bertz CT molecular complexity index is 255. The molecule has 2 N–H and O–H groups in total. The zero-order valence-electron chi connectivity index (χ0n) is 9.24. The smallest absolute Gasteiger partial charge is 0.327 e. The van der Waals surface area contributed by atoms with E-state index in [4.69, 9.17) is 9.84 Å². The molecule has 0 aromatic heterocycles. The molecule has 0 rings (SSSR count). The molecule has 15 heavy (non-hydrogen) atoms. The molecule has 0 spiro atoms. The second kappa shape index (κ2) is 5.50. The first kappa shape index (κ1) is 13.6. The maximum atomic E-state index is 11.5. The lowest BCUT2D eigenvalue weighted by molar-refractivity contribution is -0.156. The van der Waals surface area contributed by atoms with Gasteiger partial charge >= 0.3 is 11.9 Å². The van der Waals surface area contributed by atoms with Crippen molar-refractivity contribution in [3.8, 4) is 0 Å². The van der Waals surface area contributed by atoms with Crippen LogP contribution in [0.4, 0.5) is 0 Å². The van der Waals surface area contributed by atoms with E-state index >= 15 is 0 Å². The molecule has 0 saturated heterocycles. The second-order valence-electron chi connectivity index (χ2n) is 4.02. The molecule has 1 atom stereocenters. The number of esters is 1. The van der Waals surface area contributed by atoms with Gasteiger partial charge in [0.25, 0.3) is 0 Å². The summed E-state index contributed by atoms with van der Waals surface area (Å²) in [5.74, 6) is -1.57. The van der Waals surface area contributed by atoms with E-state index in [0.29, 0.717) is 0 Å². The molecule has 0 bridgehead atoms. The fraction of sp³-hybridized carbons (Fsp3) is 0.600. The quantitative estimate of drug-likeness (QED) is 0.517. The van der Waals surface area contributed by atoms with Crippen LogP contribution in [0.15, 0.2) is 12.7 Å². The number of hydrogen-bond acceptors (Lipinski definition) is 4. The van der Waals surface area contributed by atoms with Crippen molar-refractivity contribution in [2.45, 2.75) is 32.4 Å². The summed E-state index contributed by atoms with van der Waals surface area (Å²) in [4.78, 5) is 21.7. The minimum atomic E-state index is -1.04. The Kier molecular flexibility index (Phi) is 5.00. The lowest BCUT2D eigenvalue weighted by Crippen LogP contribution is -2.41. The minimum Gasteiger partial charge on any atom is -0.480 e. The van der Waals surface area contributed by atoms with Gasteiger partial charge in [-0.05, 0) is 20.8 Å². The molecule has 0 amide bonds. The van der Waals surface area contributed by atoms with E-state index < -0.39 is 23.6 Å². The van der Waals surface area contributed by atoms with Crippen molar-refractivity contribution < 1.29 is 19.4 Å². The highest BCUT2D eigenvalue weighted by atomic mass is 16.6. The highest BCUT2D eigenvalue weighted by Gasteiger charge is 2.22. The lowest BCUT2D eigenvalue weighted by Gasteiger charge is -2.22. The molecule has 5 nitrogen and oxygen atoms in total. The molecule has 0 fully saturated rings. The summed E-state index contributed by atoms with van der Waals surface area (Å²) >= 11 is 0. The Morgan fingerprint density at radius 1 is 1.53 bits per heavy atom. The second-order valence-corrected chi connectivity index (χ2v) is 4.02. The molecular weight excluding hydrogens is 198 g/mol. The largest absolute Gasteiger partial charge is 0.480 e. The Labute approximate surface area is 89.1 Å². The van der Waals surface area contributed by atoms with Gasteiger partial charge in [0, 0.05) is 0 Å². The van der Waals surface area contributed by atoms with Gasteiger partial charge in [-0.1, -0.05) is 6.08 Å². The van der Waals surface area contributed by atoms with Gasteiger partial charge in [0.05, 0.1) is 6.54 Å². The molecule has 5 heteroatoms. The predicted molar refractivity (Wildman–Crippen MR) is 55.5 cm³/mol. The number of aliphatic carboxylic acids is 1. The molecule has 0 aromatic rings. The molecule has 86 valence electrons. The van der Waals surface area contributed by atoms with Crippen molar-refractivity contribution in [3.05, 3.63) is 12.7 Å². The zero-order chi connectivity index (χ0) is 12.1. The van der Waals surface area contributed by atoms with Crippen LogP contribution in [0, 0.1) is 0 Å². The Morgan fingerprint density at radius 2 is 2.07 bits per heavy atom. The van der Waals surface area contributed by atoms with Crippen LogP contribution in [0.5, 0.6) is 0 Å². The molecule has 0 radical (unpaired) electrons. The molecule has 0 aliphatic heterocycles. The van der Waals surface area contributed by atoms with Crippen molar-refractivity contribution in [1.82, 2.24) is 5.32 Å². The molecule has 0 aromatic carbocycles. The number of nitrogens with one attached hydrogen (secondary N) is 1. The third-order valence-corrected chi connectivity index (χ3v) is 1.37. The van der Waals surface area contributed by atoms with Crippen molar-refractivity contribution in [2.75, 3.05) is 6.54 Å². The average Bonchev–Trinajstić information content (AvgIpc) is 2.01. The van der Waals surface area contributed by atoms with E-state index in [1.807, 2.05) is 0 Å². The van der Waals surface area contributed by atoms with Crippen LogP contribution in [0.2, 0.25) is 0 Å². The highest BCUT2D eigenvalue weighted by Crippen LogP contribution is 2.08. The van der Waals surface area contributed by atoms with Gasteiger partial charge < -0.3 is 9.84 Å². The van der Waals surface area contributed by atoms with Gasteiger partial charge in [0.2, 0.25) is 0 Å². The number of ether oxygens (including phenoxy) is 1. The van der Waals surface area contributed by atoms with Crippen LogP contribution in [0.1, 0.15) is 20.8 Å². The van der Waals surface area contributed by atoms with Gasteiger partial charge in [0.1, 0.15) is 11.6 Å². The van der Waals surface area contributed by atoms with Crippen LogP contribution >= 0.6 is 0 Å². The molecule has 0 aliphatic rings. The molecule has 0 unspecified atom stereocenters. The van der Waals surface area contributed by atoms with E-state index in [1.54, 1.807) is 20.8 Å². The first-order valence-electron chi connectivity index (χ1n) is 4.57. The van der Waals surface area contributed by atoms with Crippen molar-refractivity contribution >= 4 is 11.9 Å². The van der Waals surface area contributed by atoms with Gasteiger partial charge in [-0.25, -0.2) is 4.79 Å². The standard InChI is InChI=1S/C10H17NO4/c1-5-7(11-6-8(12)13)9(14)15-10(2,3)4/h5,7,11H,1,6H2,2-4H3,(H,12,13)/t7-/m0/s1. The first-order valence-corrected chi connectivity index (χ1v) is 4.57. The summed E-state index contributed by atoms with van der Waals surface area (Å²) in [7, 11) is 0. The Balaban J connectivity index is 4.23. The maximum Gasteiger partial charge on any atom is 0.327 e. The van der Waals surface area contributed by atoms with Crippen molar-refractivity contribution in [2.24, 2.45) is 0 Å². The highest BCUT2D eigenvalue weighted by molar-refractivity contribution is 5.79. The average molecular weight is 215 g/mol. The molecular formula is C10H17NO4. The Hall–Kier alpha value is -1.36. The third kappa shape index (κ3) is 6.68. The number of carboxylic acids is 1. The van der Waals surface area contributed by atoms with E-state index in [-0.39, 0.29) is 6.54 Å². The van der Waals surface area contributed by atoms with Crippen LogP contribution in [0.25, 0.3) is 0 Å². The lowest BCUT2D eigenvalue weighted by atomic mass is 10.2. The zero-order valence-corrected chi connectivity index (χ0v) is 9.24. The van der Waals surface area contributed by atoms with Crippen LogP contribution in [-0.2, 0) is 14.3 Å². The summed E-state index contributed by atoms with van der Waals surface area (Å²) in [6.45, 7) is 8.34. The van der Waals surface area contributed by atoms with E-state index in [9.17, 15) is 9.59 Å². The topological polar surface area (TPSA) is 75.6 Å². The summed E-state index contributed by atoms with van der Waals surface area (Å²) in [5.41, 5.74) is -0.594. The van der Waals surface area contributed by atoms with Gasteiger partial charge in [-0.15, -0.1) is 6.58 Å². The summed E-state index contributed by atoms with van der Waals surface area (Å²) in [6.07, 6.45) is 1.32.